The van der Waals surface area contributed by atoms with Gasteiger partial charge in [0, 0.05) is 18.0 Å². The van der Waals surface area contributed by atoms with Crippen molar-refractivity contribution in [1.29, 1.82) is 0 Å². The zero-order valence-electron chi connectivity index (χ0n) is 20.1. The van der Waals surface area contributed by atoms with Crippen molar-refractivity contribution in [2.45, 2.75) is 13.0 Å². The number of nitrogens with two attached hydrogens (primary N) is 1. The number of hydrogen-bond acceptors (Lipinski definition) is 8. The lowest BCUT2D eigenvalue weighted by atomic mass is 10.0. The molecule has 0 saturated heterocycles. The summed E-state index contributed by atoms with van der Waals surface area (Å²) in [5.74, 6) is 1.32. The molecule has 5 aromatic rings. The van der Waals surface area contributed by atoms with E-state index >= 15 is 0 Å². The Balaban J connectivity index is 1.74. The smallest absolute Gasteiger partial charge is 0.266 e. The van der Waals surface area contributed by atoms with E-state index in [1.165, 1.54) is 6.20 Å². The summed E-state index contributed by atoms with van der Waals surface area (Å²) >= 11 is 0. The molecule has 0 fully saturated rings. The molecule has 182 valence electrons. The Labute approximate surface area is 212 Å². The molecule has 0 unspecified atom stereocenters. The highest BCUT2D eigenvalue weighted by molar-refractivity contribution is 5.94. The highest BCUT2D eigenvalue weighted by atomic mass is 16.5. The molecule has 3 heterocycles. The van der Waals surface area contributed by atoms with Crippen LogP contribution in [-0.2, 0) is 0 Å². The minimum Gasteiger partial charge on any atom is -0.495 e. The predicted molar refractivity (Wildman–Crippen MR) is 142 cm³/mol. The summed E-state index contributed by atoms with van der Waals surface area (Å²) in [6.07, 6.45) is 4.65. The number of pyridine rings is 1. The fraction of sp³-hybridized carbons (Fsp3) is 0.111. The number of nitrogens with zero attached hydrogens (tertiary/aromatic N) is 6. The molecule has 0 radical (unpaired) electrons. The van der Waals surface area contributed by atoms with E-state index in [0.717, 1.165) is 5.56 Å². The van der Waals surface area contributed by atoms with Gasteiger partial charge in [-0.15, -0.1) is 0 Å². The normalized spacial score (nSPS) is 11.6. The lowest BCUT2D eigenvalue weighted by Crippen LogP contribution is -2.27. The molecule has 3 N–H and O–H groups in total. The maximum atomic E-state index is 14.2. The molecule has 0 amide bonds. The fourth-order valence-electron chi connectivity index (χ4n) is 4.13. The van der Waals surface area contributed by atoms with Crippen LogP contribution >= 0.6 is 0 Å². The number of hydrogen-bond donors (Lipinski definition) is 2. The van der Waals surface area contributed by atoms with Gasteiger partial charge >= 0.3 is 0 Å². The van der Waals surface area contributed by atoms with Gasteiger partial charge in [0.05, 0.1) is 42.5 Å². The summed E-state index contributed by atoms with van der Waals surface area (Å²) in [5.41, 5.74) is 8.33. The van der Waals surface area contributed by atoms with E-state index in [1.807, 2.05) is 55.5 Å². The molecule has 5 rings (SSSR count). The lowest BCUT2D eigenvalue weighted by Gasteiger charge is -2.21. The topological polar surface area (TPSA) is 125 Å². The summed E-state index contributed by atoms with van der Waals surface area (Å²) < 4.78 is 6.90. The number of rotatable bonds is 6. The Morgan fingerprint density at radius 3 is 2.65 bits per heavy atom. The van der Waals surface area contributed by atoms with E-state index < -0.39 is 6.04 Å². The van der Waals surface area contributed by atoms with Crippen LogP contribution in [0, 0.1) is 6.57 Å². The molecule has 0 spiro atoms. The predicted octanol–water partition coefficient (Wildman–Crippen LogP) is 4.55. The third-order valence-electron chi connectivity index (χ3n) is 5.85. The highest BCUT2D eigenvalue weighted by Gasteiger charge is 2.21. The van der Waals surface area contributed by atoms with E-state index in [4.69, 9.17) is 22.0 Å². The number of methoxy groups -OCH3 is 1. The first-order chi connectivity index (χ1) is 18.0. The number of nitrogen functional groups attached to an aromatic ring is 1. The minimum absolute atomic E-state index is 0.0329. The monoisotopic (exact) mass is 490 g/mol. The molecule has 0 bridgehead atoms. The average molecular weight is 491 g/mol. The maximum Gasteiger partial charge on any atom is 0.266 e. The largest absolute Gasteiger partial charge is 0.495 e. The summed E-state index contributed by atoms with van der Waals surface area (Å²) in [5, 5.41) is 3.64. The third-order valence-corrected chi connectivity index (χ3v) is 5.85. The average Bonchev–Trinajstić information content (AvgIpc) is 2.93. The van der Waals surface area contributed by atoms with Crippen LogP contribution in [0.25, 0.3) is 32.6 Å². The molecular formula is C27H22N8O2. The first kappa shape index (κ1) is 23.4. The van der Waals surface area contributed by atoms with Gasteiger partial charge in [-0.2, -0.15) is 0 Å². The standard InChI is InChI=1S/C27H22N8O2/c1-16(32-24-22(29-2)15-31-27(28)34-24)25-33-21-11-7-10-20(17-12-19(37-3)14-30-13-17)23(21)26(36)35(25)18-8-5-4-6-9-18/h4-16H,1,3H3,(H3,28,31,32,34)/t16-/m0/s1. The van der Waals surface area contributed by atoms with Crippen LogP contribution in [-0.4, -0.2) is 31.6 Å². The molecule has 10 heteroatoms. The SMILES string of the molecule is [C-]#[N+]c1cnc(N)nc1N[C@@H](C)c1nc2cccc(-c3cncc(OC)c3)c2c(=O)n1-c1ccccc1. The highest BCUT2D eigenvalue weighted by Crippen LogP contribution is 2.31. The van der Waals surface area contributed by atoms with E-state index in [1.54, 1.807) is 30.1 Å². The maximum absolute atomic E-state index is 14.2. The van der Waals surface area contributed by atoms with Gasteiger partial charge in [0.2, 0.25) is 11.6 Å². The number of para-hydroxylation sites is 1. The summed E-state index contributed by atoms with van der Waals surface area (Å²) in [7, 11) is 1.57. The molecule has 2 aromatic carbocycles. The Hall–Kier alpha value is -5.30. The molecule has 37 heavy (non-hydrogen) atoms. The van der Waals surface area contributed by atoms with Crippen molar-refractivity contribution in [3.8, 4) is 22.6 Å². The van der Waals surface area contributed by atoms with E-state index in [0.29, 0.717) is 33.7 Å². The zero-order chi connectivity index (χ0) is 25.9. The van der Waals surface area contributed by atoms with E-state index in [-0.39, 0.29) is 23.0 Å². The van der Waals surface area contributed by atoms with Crippen LogP contribution in [0.4, 0.5) is 17.5 Å². The van der Waals surface area contributed by atoms with Crippen molar-refractivity contribution in [1.82, 2.24) is 24.5 Å². The zero-order valence-corrected chi connectivity index (χ0v) is 20.1. The van der Waals surface area contributed by atoms with E-state index in [2.05, 4.69) is 25.1 Å². The van der Waals surface area contributed by atoms with Gasteiger partial charge in [0.1, 0.15) is 17.4 Å². The molecule has 0 aliphatic rings. The van der Waals surface area contributed by atoms with Crippen molar-refractivity contribution in [2.24, 2.45) is 0 Å². The Bertz CT molecular complexity index is 1710. The van der Waals surface area contributed by atoms with Crippen molar-refractivity contribution in [2.75, 3.05) is 18.2 Å². The fourth-order valence-corrected chi connectivity index (χ4v) is 4.13. The Kier molecular flexibility index (Phi) is 6.18. The van der Waals surface area contributed by atoms with Gasteiger partial charge in [-0.3, -0.25) is 14.3 Å². The van der Waals surface area contributed by atoms with E-state index in [9.17, 15) is 4.79 Å². The minimum atomic E-state index is -0.519. The summed E-state index contributed by atoms with van der Waals surface area (Å²) in [4.78, 5) is 34.9. The molecule has 0 saturated carbocycles. The van der Waals surface area contributed by atoms with Crippen molar-refractivity contribution < 1.29 is 4.74 Å². The summed E-state index contributed by atoms with van der Waals surface area (Å²) in [6.45, 7) is 9.28. The van der Waals surface area contributed by atoms with Crippen molar-refractivity contribution in [3.63, 3.8) is 0 Å². The van der Waals surface area contributed by atoms with Gasteiger partial charge < -0.3 is 15.8 Å². The van der Waals surface area contributed by atoms with Crippen LogP contribution < -0.4 is 21.3 Å². The van der Waals surface area contributed by atoms with Crippen LogP contribution in [0.5, 0.6) is 5.75 Å². The van der Waals surface area contributed by atoms with Crippen molar-refractivity contribution >= 4 is 28.4 Å². The molecule has 0 aliphatic carbocycles. The number of benzene rings is 2. The van der Waals surface area contributed by atoms with Crippen LogP contribution in [0.1, 0.15) is 18.8 Å². The summed E-state index contributed by atoms with van der Waals surface area (Å²) in [6, 6.07) is 16.1. The second-order valence-electron chi connectivity index (χ2n) is 8.20. The Morgan fingerprint density at radius 1 is 1.08 bits per heavy atom. The van der Waals surface area contributed by atoms with Crippen molar-refractivity contribution in [3.05, 3.63) is 101 Å². The second kappa shape index (κ2) is 9.75. The number of aromatic nitrogens is 5. The van der Waals surface area contributed by atoms with Crippen LogP contribution in [0.15, 0.2) is 78.0 Å². The molecule has 1 atom stereocenters. The molecule has 3 aromatic heterocycles. The number of anilines is 2. The molecular weight excluding hydrogens is 468 g/mol. The van der Waals surface area contributed by atoms with Gasteiger partial charge in [0.25, 0.3) is 5.56 Å². The molecule has 0 aliphatic heterocycles. The van der Waals surface area contributed by atoms with Crippen LogP contribution in [0.3, 0.4) is 0 Å². The van der Waals surface area contributed by atoms with Gasteiger partial charge in [0.15, 0.2) is 0 Å². The second-order valence-corrected chi connectivity index (χ2v) is 8.20. The first-order valence-corrected chi connectivity index (χ1v) is 11.4. The van der Waals surface area contributed by atoms with Gasteiger partial charge in [-0.05, 0) is 36.8 Å². The lowest BCUT2D eigenvalue weighted by molar-refractivity contribution is 0.413. The number of nitrogens with one attached hydrogen (secondary N) is 1. The first-order valence-electron chi connectivity index (χ1n) is 11.4. The quantitative estimate of drug-likeness (QED) is 0.332. The van der Waals surface area contributed by atoms with Crippen LogP contribution in [0.2, 0.25) is 0 Å². The number of ether oxygens (including phenoxy) is 1. The van der Waals surface area contributed by atoms with Gasteiger partial charge in [-0.25, -0.2) is 19.8 Å². The third kappa shape index (κ3) is 4.41. The van der Waals surface area contributed by atoms with Gasteiger partial charge in [-0.1, -0.05) is 30.3 Å². The number of fused-ring (bicyclic) bond motifs is 1. The Morgan fingerprint density at radius 2 is 1.89 bits per heavy atom. The molecule has 10 nitrogen and oxygen atoms in total.